The van der Waals surface area contributed by atoms with E-state index in [0.717, 1.165) is 15.8 Å². The summed E-state index contributed by atoms with van der Waals surface area (Å²) in [7, 11) is 0. The molecule has 0 bridgehead atoms. The molecule has 0 aliphatic heterocycles. The number of carbonyl (C=O) groups is 1. The van der Waals surface area contributed by atoms with Gasteiger partial charge in [0.2, 0.25) is 0 Å². The Morgan fingerprint density at radius 3 is 2.79 bits per heavy atom. The molecule has 3 rings (SSSR count). The molecule has 2 heterocycles. The van der Waals surface area contributed by atoms with E-state index in [0.29, 0.717) is 10.7 Å². The lowest BCUT2D eigenvalue weighted by Gasteiger charge is -2.09. The van der Waals surface area contributed by atoms with Crippen LogP contribution in [0.1, 0.15) is 15.9 Å². The molecule has 0 saturated heterocycles. The third-order valence-electron chi connectivity index (χ3n) is 3.39. The van der Waals surface area contributed by atoms with E-state index in [1.54, 1.807) is 23.9 Å². The highest BCUT2D eigenvalue weighted by atomic mass is 35.5. The minimum absolute atomic E-state index is 0.0100. The number of pyridine rings is 2. The molecule has 3 aromatic rings. The van der Waals surface area contributed by atoms with Gasteiger partial charge in [-0.1, -0.05) is 29.3 Å². The van der Waals surface area contributed by atoms with Crippen LogP contribution in [0.5, 0.6) is 0 Å². The summed E-state index contributed by atoms with van der Waals surface area (Å²) in [5.41, 5.74) is 1.65. The quantitative estimate of drug-likeness (QED) is 0.362. The average molecular weight is 379 g/mol. The highest BCUT2D eigenvalue weighted by Gasteiger charge is 2.14. The van der Waals surface area contributed by atoms with Crippen molar-refractivity contribution in [3.8, 4) is 0 Å². The van der Waals surface area contributed by atoms with Gasteiger partial charge in [0.05, 0.1) is 11.1 Å². The molecule has 0 radical (unpaired) electrons. The largest absolute Gasteiger partial charge is 0.457 e. The number of esters is 1. The Morgan fingerprint density at radius 2 is 2.04 bits per heavy atom. The Morgan fingerprint density at radius 1 is 1.21 bits per heavy atom. The molecule has 0 spiro atoms. The number of nitrogens with zero attached hydrogens (tertiary/aromatic N) is 2. The van der Waals surface area contributed by atoms with E-state index < -0.39 is 5.97 Å². The molecule has 24 heavy (non-hydrogen) atoms. The Labute approximate surface area is 153 Å². The molecule has 122 valence electrons. The number of ether oxygens (including phenoxy) is 1. The Kier molecular flexibility index (Phi) is 5.23. The minimum Gasteiger partial charge on any atom is -0.457 e. The lowest BCUT2D eigenvalue weighted by molar-refractivity contribution is 0.0472. The molecule has 1 aromatic carbocycles. The van der Waals surface area contributed by atoms with E-state index in [-0.39, 0.29) is 17.3 Å². The number of halogens is 2. The first kappa shape index (κ1) is 17.0. The normalized spacial score (nSPS) is 10.8. The van der Waals surface area contributed by atoms with Gasteiger partial charge in [0.15, 0.2) is 0 Å². The van der Waals surface area contributed by atoms with Gasteiger partial charge in [-0.05, 0) is 36.6 Å². The van der Waals surface area contributed by atoms with Crippen LogP contribution in [0, 0.1) is 0 Å². The topological polar surface area (TPSA) is 52.1 Å². The molecular weight excluding hydrogens is 367 g/mol. The van der Waals surface area contributed by atoms with Gasteiger partial charge in [0.1, 0.15) is 16.9 Å². The van der Waals surface area contributed by atoms with Crippen molar-refractivity contribution in [2.24, 2.45) is 0 Å². The maximum Gasteiger partial charge on any atom is 0.341 e. The maximum absolute atomic E-state index is 12.1. The van der Waals surface area contributed by atoms with Crippen LogP contribution in [0.2, 0.25) is 10.3 Å². The zero-order chi connectivity index (χ0) is 17.1. The molecule has 2 aromatic heterocycles. The third-order valence-corrected chi connectivity index (χ3v) is 4.74. The molecule has 0 N–H and O–H groups in total. The van der Waals surface area contributed by atoms with Gasteiger partial charge >= 0.3 is 5.97 Å². The van der Waals surface area contributed by atoms with Gasteiger partial charge in [0, 0.05) is 22.0 Å². The second-order valence-electron chi connectivity index (χ2n) is 4.91. The summed E-state index contributed by atoms with van der Waals surface area (Å²) in [6.07, 6.45) is 3.51. The van der Waals surface area contributed by atoms with Crippen molar-refractivity contribution in [2.45, 2.75) is 11.5 Å². The van der Waals surface area contributed by atoms with E-state index in [9.17, 15) is 4.79 Å². The van der Waals surface area contributed by atoms with Gasteiger partial charge in [0.25, 0.3) is 0 Å². The number of hydrogen-bond donors (Lipinski definition) is 0. The maximum atomic E-state index is 12.1. The van der Waals surface area contributed by atoms with Crippen LogP contribution in [0.25, 0.3) is 10.9 Å². The molecule has 0 amide bonds. The van der Waals surface area contributed by atoms with Gasteiger partial charge in [-0.3, -0.25) is 0 Å². The van der Waals surface area contributed by atoms with Crippen LogP contribution in [0.15, 0.2) is 47.5 Å². The van der Waals surface area contributed by atoms with Crippen molar-refractivity contribution in [3.63, 3.8) is 0 Å². The van der Waals surface area contributed by atoms with Gasteiger partial charge in [-0.25, -0.2) is 14.8 Å². The number of rotatable bonds is 4. The summed E-state index contributed by atoms with van der Waals surface area (Å²) < 4.78 is 5.28. The van der Waals surface area contributed by atoms with E-state index >= 15 is 0 Å². The molecule has 4 nitrogen and oxygen atoms in total. The van der Waals surface area contributed by atoms with Gasteiger partial charge in [-0.15, -0.1) is 11.8 Å². The number of fused-ring (bicyclic) bond motifs is 1. The molecule has 0 atom stereocenters. The minimum atomic E-state index is -0.554. The Hall–Kier alpha value is -1.82. The van der Waals surface area contributed by atoms with Crippen molar-refractivity contribution in [1.82, 2.24) is 9.97 Å². The fourth-order valence-electron chi connectivity index (χ4n) is 2.15. The highest BCUT2D eigenvalue weighted by Crippen LogP contribution is 2.25. The lowest BCUT2D eigenvalue weighted by Crippen LogP contribution is -2.07. The zero-order valence-electron chi connectivity index (χ0n) is 12.6. The van der Waals surface area contributed by atoms with E-state index in [4.69, 9.17) is 27.9 Å². The smallest absolute Gasteiger partial charge is 0.341 e. The second-order valence-corrected chi connectivity index (χ2v) is 6.51. The van der Waals surface area contributed by atoms with E-state index in [2.05, 4.69) is 9.97 Å². The van der Waals surface area contributed by atoms with E-state index in [1.807, 2.05) is 30.5 Å². The Balaban J connectivity index is 1.81. The van der Waals surface area contributed by atoms with Crippen molar-refractivity contribution >= 4 is 51.8 Å². The second kappa shape index (κ2) is 7.38. The highest BCUT2D eigenvalue weighted by molar-refractivity contribution is 7.98. The van der Waals surface area contributed by atoms with Crippen LogP contribution in [-0.4, -0.2) is 22.2 Å². The number of benzene rings is 1. The predicted octanol–water partition coefficient (Wildman–Crippen LogP) is 5.02. The van der Waals surface area contributed by atoms with Crippen LogP contribution in [-0.2, 0) is 11.3 Å². The summed E-state index contributed by atoms with van der Waals surface area (Å²) in [6, 6.07) is 11.0. The number of aromatic nitrogens is 2. The van der Waals surface area contributed by atoms with Crippen molar-refractivity contribution in [2.75, 3.05) is 6.26 Å². The standard InChI is InChI=1S/C17H12Cl2N2O2S/c1-24-12-5-4-10-7-11(15(18)21-14(10)8-12)9-23-17(22)13-3-2-6-20-16(13)19/h2-8H,9H2,1H3. The molecular formula is C17H12Cl2N2O2S. The van der Waals surface area contributed by atoms with Crippen LogP contribution in [0.3, 0.4) is 0 Å². The van der Waals surface area contributed by atoms with Gasteiger partial charge in [-0.2, -0.15) is 0 Å². The zero-order valence-corrected chi connectivity index (χ0v) is 15.0. The van der Waals surface area contributed by atoms with Crippen molar-refractivity contribution in [3.05, 3.63) is 64.0 Å². The molecule has 0 aliphatic rings. The van der Waals surface area contributed by atoms with E-state index in [1.165, 1.54) is 6.20 Å². The summed E-state index contributed by atoms with van der Waals surface area (Å²) in [5.74, 6) is -0.554. The Bertz CT molecular complexity index is 918. The predicted molar refractivity (Wildman–Crippen MR) is 96.9 cm³/mol. The molecule has 0 fully saturated rings. The van der Waals surface area contributed by atoms with Crippen LogP contribution in [0.4, 0.5) is 0 Å². The molecule has 0 unspecified atom stereocenters. The van der Waals surface area contributed by atoms with Crippen LogP contribution < -0.4 is 0 Å². The number of carbonyl (C=O) groups excluding carboxylic acids is 1. The summed E-state index contributed by atoms with van der Waals surface area (Å²) in [6.45, 7) is 0.0100. The fourth-order valence-corrected chi connectivity index (χ4v) is 2.98. The number of thioether (sulfide) groups is 1. The van der Waals surface area contributed by atoms with Crippen molar-refractivity contribution in [1.29, 1.82) is 0 Å². The molecule has 7 heteroatoms. The average Bonchev–Trinajstić information content (AvgIpc) is 2.59. The summed E-state index contributed by atoms with van der Waals surface area (Å²) in [5, 5.41) is 1.35. The fraction of sp³-hybridized carbons (Fsp3) is 0.118. The first-order valence-corrected chi connectivity index (χ1v) is 8.97. The first-order chi connectivity index (χ1) is 11.6. The lowest BCUT2D eigenvalue weighted by atomic mass is 10.1. The SMILES string of the molecule is CSc1ccc2cc(COC(=O)c3cccnc3Cl)c(Cl)nc2c1. The third kappa shape index (κ3) is 3.64. The monoisotopic (exact) mass is 378 g/mol. The molecule has 0 saturated carbocycles. The summed E-state index contributed by atoms with van der Waals surface area (Å²) in [4.78, 5) is 21.4. The van der Waals surface area contributed by atoms with Crippen LogP contribution >= 0.6 is 35.0 Å². The summed E-state index contributed by atoms with van der Waals surface area (Å²) >= 11 is 13.7. The first-order valence-electron chi connectivity index (χ1n) is 6.99. The van der Waals surface area contributed by atoms with Gasteiger partial charge < -0.3 is 4.74 Å². The molecule has 0 aliphatic carbocycles. The number of hydrogen-bond acceptors (Lipinski definition) is 5. The van der Waals surface area contributed by atoms with Crippen molar-refractivity contribution < 1.29 is 9.53 Å².